The molecule has 0 radical (unpaired) electrons. The van der Waals surface area contributed by atoms with E-state index in [1.165, 1.54) is 12.8 Å². The van der Waals surface area contributed by atoms with E-state index in [1.807, 2.05) is 0 Å². The Balaban J connectivity index is 1.82. The summed E-state index contributed by atoms with van der Waals surface area (Å²) < 4.78 is 5.03. The van der Waals surface area contributed by atoms with Gasteiger partial charge in [-0.15, -0.1) is 0 Å². The molecule has 1 saturated heterocycles. The van der Waals surface area contributed by atoms with Crippen LogP contribution < -0.4 is 5.32 Å². The fourth-order valence-corrected chi connectivity index (χ4v) is 3.46. The fraction of sp³-hybridized carbons (Fsp3) is 0.875. The summed E-state index contributed by atoms with van der Waals surface area (Å²) in [6, 6.07) is 0.319. The van der Waals surface area contributed by atoms with Gasteiger partial charge in [0.2, 0.25) is 5.91 Å². The molecule has 3 atom stereocenters. The number of rotatable bonds is 3. The third-order valence-electron chi connectivity index (χ3n) is 4.60. The van der Waals surface area contributed by atoms with E-state index in [0.717, 1.165) is 25.7 Å². The third-order valence-corrected chi connectivity index (χ3v) is 4.60. The molecule has 1 N–H and O–H groups in total. The number of carbonyl (C=O) groups is 2. The van der Waals surface area contributed by atoms with Crippen molar-refractivity contribution in [1.82, 2.24) is 10.2 Å². The lowest BCUT2D eigenvalue weighted by molar-refractivity contribution is -0.127. The first-order valence-electron chi connectivity index (χ1n) is 8.32. The van der Waals surface area contributed by atoms with Crippen LogP contribution in [-0.2, 0) is 9.53 Å². The molecule has 1 heterocycles. The lowest BCUT2D eigenvalue weighted by Gasteiger charge is -2.33. The van der Waals surface area contributed by atoms with Crippen LogP contribution in [0.4, 0.5) is 4.79 Å². The van der Waals surface area contributed by atoms with Gasteiger partial charge >= 0.3 is 6.09 Å². The number of ether oxygens (including phenoxy) is 1. The first kappa shape index (κ1) is 16.1. The highest BCUT2D eigenvalue weighted by Gasteiger charge is 2.30. The van der Waals surface area contributed by atoms with Crippen molar-refractivity contribution in [3.8, 4) is 0 Å². The van der Waals surface area contributed by atoms with E-state index in [9.17, 15) is 9.59 Å². The average molecular weight is 296 g/mol. The molecule has 1 aliphatic heterocycles. The molecule has 5 nitrogen and oxygen atoms in total. The molecule has 1 saturated carbocycles. The molecule has 21 heavy (non-hydrogen) atoms. The summed E-state index contributed by atoms with van der Waals surface area (Å²) in [5.74, 6) is 0.731. The standard InChI is InChI=1S/C16H28N2O3/c1-3-21-16(20)18-9-5-7-13(11-18)15(19)17-14-8-4-6-12(2)10-14/h12-14H,3-11H2,1-2H3,(H,17,19). The fourth-order valence-electron chi connectivity index (χ4n) is 3.46. The van der Waals surface area contributed by atoms with Crippen LogP contribution in [0.5, 0.6) is 0 Å². The highest BCUT2D eigenvalue weighted by molar-refractivity contribution is 5.80. The van der Waals surface area contributed by atoms with Crippen LogP contribution in [0, 0.1) is 11.8 Å². The Morgan fingerprint density at radius 2 is 2.05 bits per heavy atom. The molecule has 0 aromatic rings. The molecule has 3 unspecified atom stereocenters. The largest absolute Gasteiger partial charge is 0.450 e. The van der Waals surface area contributed by atoms with Gasteiger partial charge in [0, 0.05) is 19.1 Å². The summed E-state index contributed by atoms with van der Waals surface area (Å²) in [6.45, 7) is 5.62. The first-order chi connectivity index (χ1) is 10.1. The van der Waals surface area contributed by atoms with Crippen molar-refractivity contribution in [1.29, 1.82) is 0 Å². The van der Waals surface area contributed by atoms with Crippen LogP contribution in [0.15, 0.2) is 0 Å². The van der Waals surface area contributed by atoms with Crippen LogP contribution in [0.2, 0.25) is 0 Å². The van der Waals surface area contributed by atoms with Crippen molar-refractivity contribution >= 4 is 12.0 Å². The Morgan fingerprint density at radius 3 is 2.76 bits per heavy atom. The second kappa shape index (κ2) is 7.66. The highest BCUT2D eigenvalue weighted by atomic mass is 16.6. The quantitative estimate of drug-likeness (QED) is 0.870. The van der Waals surface area contributed by atoms with Gasteiger partial charge < -0.3 is 15.0 Å². The second-order valence-corrected chi connectivity index (χ2v) is 6.46. The maximum Gasteiger partial charge on any atom is 0.409 e. The zero-order chi connectivity index (χ0) is 15.2. The topological polar surface area (TPSA) is 58.6 Å². The molecule has 2 fully saturated rings. The van der Waals surface area contributed by atoms with Gasteiger partial charge in [-0.05, 0) is 38.5 Å². The van der Waals surface area contributed by atoms with Gasteiger partial charge in [-0.1, -0.05) is 19.8 Å². The number of amides is 2. The van der Waals surface area contributed by atoms with Crippen molar-refractivity contribution in [2.75, 3.05) is 19.7 Å². The van der Waals surface area contributed by atoms with E-state index in [2.05, 4.69) is 12.2 Å². The van der Waals surface area contributed by atoms with E-state index in [-0.39, 0.29) is 17.9 Å². The Morgan fingerprint density at radius 1 is 1.24 bits per heavy atom. The monoisotopic (exact) mass is 296 g/mol. The van der Waals surface area contributed by atoms with Gasteiger partial charge in [0.25, 0.3) is 0 Å². The lowest BCUT2D eigenvalue weighted by atomic mass is 9.86. The number of piperidine rings is 1. The number of nitrogens with zero attached hydrogens (tertiary/aromatic N) is 1. The molecular weight excluding hydrogens is 268 g/mol. The van der Waals surface area contributed by atoms with Gasteiger partial charge in [-0.2, -0.15) is 0 Å². The Labute approximate surface area is 127 Å². The van der Waals surface area contributed by atoms with E-state index < -0.39 is 0 Å². The predicted octanol–water partition coefficient (Wildman–Crippen LogP) is 2.55. The van der Waals surface area contributed by atoms with Gasteiger partial charge in [-0.25, -0.2) is 4.79 Å². The van der Waals surface area contributed by atoms with Crippen LogP contribution in [0.25, 0.3) is 0 Å². The van der Waals surface area contributed by atoms with Crippen molar-refractivity contribution in [2.24, 2.45) is 11.8 Å². The molecule has 2 rings (SSSR count). The SMILES string of the molecule is CCOC(=O)N1CCCC(C(=O)NC2CCCC(C)C2)C1. The minimum absolute atomic E-state index is 0.0830. The van der Waals surface area contributed by atoms with Crippen LogP contribution >= 0.6 is 0 Å². The molecule has 1 aliphatic carbocycles. The van der Waals surface area contributed by atoms with Crippen molar-refractivity contribution in [3.05, 3.63) is 0 Å². The van der Waals surface area contributed by atoms with Gasteiger partial charge in [0.05, 0.1) is 12.5 Å². The summed E-state index contributed by atoms with van der Waals surface area (Å²) in [4.78, 5) is 25.8. The third kappa shape index (κ3) is 4.61. The maximum absolute atomic E-state index is 12.4. The lowest BCUT2D eigenvalue weighted by Crippen LogP contribution is -2.48. The van der Waals surface area contributed by atoms with E-state index in [1.54, 1.807) is 11.8 Å². The molecule has 0 spiro atoms. The maximum atomic E-state index is 12.4. The zero-order valence-corrected chi connectivity index (χ0v) is 13.3. The number of carbonyl (C=O) groups excluding carboxylic acids is 2. The molecular formula is C16H28N2O3. The van der Waals surface area contributed by atoms with Crippen LogP contribution in [0.1, 0.15) is 52.4 Å². The first-order valence-corrected chi connectivity index (χ1v) is 8.32. The summed E-state index contributed by atoms with van der Waals surface area (Å²) in [5, 5.41) is 3.19. The van der Waals surface area contributed by atoms with E-state index >= 15 is 0 Å². The minimum Gasteiger partial charge on any atom is -0.450 e. The highest BCUT2D eigenvalue weighted by Crippen LogP contribution is 2.24. The zero-order valence-electron chi connectivity index (χ0n) is 13.3. The number of hydrogen-bond acceptors (Lipinski definition) is 3. The van der Waals surface area contributed by atoms with Gasteiger partial charge in [0.1, 0.15) is 0 Å². The molecule has 0 aromatic carbocycles. The van der Waals surface area contributed by atoms with Crippen LogP contribution in [0.3, 0.4) is 0 Å². The van der Waals surface area contributed by atoms with Crippen molar-refractivity contribution in [3.63, 3.8) is 0 Å². The van der Waals surface area contributed by atoms with E-state index in [4.69, 9.17) is 4.74 Å². The normalized spacial score (nSPS) is 29.8. The molecule has 2 aliphatic rings. The van der Waals surface area contributed by atoms with Crippen molar-refractivity contribution < 1.29 is 14.3 Å². The van der Waals surface area contributed by atoms with Crippen LogP contribution in [-0.4, -0.2) is 42.6 Å². The minimum atomic E-state index is -0.290. The summed E-state index contributed by atoms with van der Waals surface area (Å²) in [7, 11) is 0. The van der Waals surface area contributed by atoms with Gasteiger partial charge in [-0.3, -0.25) is 4.79 Å². The summed E-state index contributed by atoms with van der Waals surface area (Å²) >= 11 is 0. The Hall–Kier alpha value is -1.26. The summed E-state index contributed by atoms with van der Waals surface area (Å²) in [5.41, 5.74) is 0. The number of hydrogen-bond donors (Lipinski definition) is 1. The average Bonchev–Trinajstić information content (AvgIpc) is 2.47. The molecule has 0 bridgehead atoms. The second-order valence-electron chi connectivity index (χ2n) is 6.46. The van der Waals surface area contributed by atoms with E-state index in [0.29, 0.717) is 31.7 Å². The molecule has 5 heteroatoms. The Kier molecular flexibility index (Phi) is 5.88. The predicted molar refractivity (Wildman–Crippen MR) is 80.9 cm³/mol. The van der Waals surface area contributed by atoms with Gasteiger partial charge in [0.15, 0.2) is 0 Å². The molecule has 0 aromatic heterocycles. The van der Waals surface area contributed by atoms with Crippen molar-refractivity contribution in [2.45, 2.75) is 58.4 Å². The molecule has 2 amide bonds. The molecule has 120 valence electrons. The summed E-state index contributed by atoms with van der Waals surface area (Å²) in [6.07, 6.45) is 6.09. The smallest absolute Gasteiger partial charge is 0.409 e. The number of nitrogens with one attached hydrogen (secondary N) is 1. The number of likely N-dealkylation sites (tertiary alicyclic amines) is 1. The Bertz CT molecular complexity index is 373.